The van der Waals surface area contributed by atoms with E-state index in [1.54, 1.807) is 18.2 Å². The van der Waals surface area contributed by atoms with E-state index < -0.39 is 11.9 Å². The van der Waals surface area contributed by atoms with Gasteiger partial charge in [0.15, 0.2) is 18.1 Å². The Morgan fingerprint density at radius 1 is 1.15 bits per heavy atom. The topological polar surface area (TPSA) is 71.1 Å². The molecule has 0 N–H and O–H groups in total. The summed E-state index contributed by atoms with van der Waals surface area (Å²) in [6.45, 7) is 7.03. The van der Waals surface area contributed by atoms with Crippen LogP contribution in [0.3, 0.4) is 0 Å². The van der Waals surface area contributed by atoms with Crippen molar-refractivity contribution in [1.29, 1.82) is 0 Å². The number of esters is 2. The molecule has 1 heterocycles. The maximum Gasteiger partial charge on any atom is 0.344 e. The molecule has 1 saturated carbocycles. The predicted molar refractivity (Wildman–Crippen MR) is 98.9 cm³/mol. The van der Waals surface area contributed by atoms with Crippen molar-refractivity contribution in [3.8, 4) is 11.5 Å². The maximum atomic E-state index is 12.2. The molecule has 1 fully saturated rings. The molecule has 0 spiro atoms. The van der Waals surface area contributed by atoms with Crippen LogP contribution >= 0.6 is 0 Å². The second kappa shape index (κ2) is 8.63. The molecule has 0 radical (unpaired) electrons. The second-order valence-electron chi connectivity index (χ2n) is 7.79. The molecule has 6 nitrogen and oxygen atoms in total. The molecule has 1 aromatic carbocycles. The molecule has 6 heteroatoms. The van der Waals surface area contributed by atoms with Crippen LogP contribution in [0.1, 0.15) is 50.4 Å². The summed E-state index contributed by atoms with van der Waals surface area (Å²) in [5.74, 6) is 1.39. The van der Waals surface area contributed by atoms with E-state index in [0.29, 0.717) is 48.0 Å². The van der Waals surface area contributed by atoms with Crippen LogP contribution in [-0.4, -0.2) is 37.9 Å². The summed E-state index contributed by atoms with van der Waals surface area (Å²) in [4.78, 5) is 24.4. The lowest BCUT2D eigenvalue weighted by molar-refractivity contribution is -0.159. The van der Waals surface area contributed by atoms with Crippen molar-refractivity contribution in [2.75, 3.05) is 19.8 Å². The average Bonchev–Trinajstić information content (AvgIpc) is 2.65. The van der Waals surface area contributed by atoms with Gasteiger partial charge >= 0.3 is 11.9 Å². The fourth-order valence-electron chi connectivity index (χ4n) is 3.83. The smallest absolute Gasteiger partial charge is 0.344 e. The summed E-state index contributed by atoms with van der Waals surface area (Å²) >= 11 is 0. The summed E-state index contributed by atoms with van der Waals surface area (Å²) in [7, 11) is 0. The minimum atomic E-state index is -0.582. The van der Waals surface area contributed by atoms with Crippen LogP contribution in [0.5, 0.6) is 11.5 Å². The largest absolute Gasteiger partial charge is 0.486 e. The molecule has 27 heavy (non-hydrogen) atoms. The lowest BCUT2D eigenvalue weighted by Crippen LogP contribution is -2.36. The SMILES string of the molecule is CC(C)[C@H]1CC[C@H](C)C[C@H]1OC(=O)COC(=O)c1ccc2c(c1)OCCO2. The molecular weight excluding hydrogens is 348 g/mol. The molecule has 1 aliphatic heterocycles. The van der Waals surface area contributed by atoms with E-state index >= 15 is 0 Å². The Bertz CT molecular complexity index is 683. The predicted octanol–water partition coefficient (Wildman–Crippen LogP) is 3.62. The minimum absolute atomic E-state index is 0.103. The van der Waals surface area contributed by atoms with Gasteiger partial charge in [-0.25, -0.2) is 9.59 Å². The van der Waals surface area contributed by atoms with Gasteiger partial charge in [0.05, 0.1) is 5.56 Å². The van der Waals surface area contributed by atoms with Crippen molar-refractivity contribution >= 4 is 11.9 Å². The van der Waals surface area contributed by atoms with Crippen LogP contribution in [0.2, 0.25) is 0 Å². The summed E-state index contributed by atoms with van der Waals surface area (Å²) in [6, 6.07) is 4.83. The highest BCUT2D eigenvalue weighted by molar-refractivity contribution is 5.91. The summed E-state index contributed by atoms with van der Waals surface area (Å²) < 4.78 is 21.7. The molecule has 2 aliphatic rings. The molecule has 0 unspecified atom stereocenters. The lowest BCUT2D eigenvalue weighted by atomic mass is 9.75. The van der Waals surface area contributed by atoms with Crippen molar-refractivity contribution < 1.29 is 28.5 Å². The third kappa shape index (κ3) is 4.93. The Balaban J connectivity index is 1.53. The van der Waals surface area contributed by atoms with Crippen LogP contribution in [0.15, 0.2) is 18.2 Å². The van der Waals surface area contributed by atoms with Gasteiger partial charge < -0.3 is 18.9 Å². The van der Waals surface area contributed by atoms with Crippen LogP contribution in [-0.2, 0) is 14.3 Å². The summed E-state index contributed by atoms with van der Waals surface area (Å²) in [5.41, 5.74) is 0.318. The highest BCUT2D eigenvalue weighted by Crippen LogP contribution is 2.35. The Kier molecular flexibility index (Phi) is 6.24. The first-order chi connectivity index (χ1) is 12.9. The molecule has 0 saturated heterocycles. The summed E-state index contributed by atoms with van der Waals surface area (Å²) in [6.07, 6.45) is 2.99. The third-order valence-corrected chi connectivity index (χ3v) is 5.34. The second-order valence-corrected chi connectivity index (χ2v) is 7.79. The van der Waals surface area contributed by atoms with E-state index in [9.17, 15) is 9.59 Å². The molecule has 148 valence electrons. The number of hydrogen-bond donors (Lipinski definition) is 0. The highest BCUT2D eigenvalue weighted by atomic mass is 16.6. The lowest BCUT2D eigenvalue weighted by Gasteiger charge is -2.36. The van der Waals surface area contributed by atoms with Gasteiger partial charge in [-0.1, -0.05) is 27.2 Å². The highest BCUT2D eigenvalue weighted by Gasteiger charge is 2.33. The van der Waals surface area contributed by atoms with E-state index in [4.69, 9.17) is 18.9 Å². The van der Waals surface area contributed by atoms with Crippen LogP contribution < -0.4 is 9.47 Å². The summed E-state index contributed by atoms with van der Waals surface area (Å²) in [5, 5.41) is 0. The van der Waals surface area contributed by atoms with E-state index in [0.717, 1.165) is 19.3 Å². The van der Waals surface area contributed by atoms with Crippen molar-refractivity contribution in [3.63, 3.8) is 0 Å². The number of carbonyl (C=O) groups excluding carboxylic acids is 2. The maximum absolute atomic E-state index is 12.2. The Hall–Kier alpha value is -2.24. The quantitative estimate of drug-likeness (QED) is 0.731. The Labute approximate surface area is 160 Å². The van der Waals surface area contributed by atoms with Gasteiger partial charge in [-0.3, -0.25) is 0 Å². The number of ether oxygens (including phenoxy) is 4. The van der Waals surface area contributed by atoms with Crippen LogP contribution in [0.25, 0.3) is 0 Å². The van der Waals surface area contributed by atoms with Gasteiger partial charge in [-0.15, -0.1) is 0 Å². The molecule has 0 aromatic heterocycles. The normalized spacial score (nSPS) is 24.4. The Morgan fingerprint density at radius 3 is 2.63 bits per heavy atom. The zero-order valence-corrected chi connectivity index (χ0v) is 16.2. The molecule has 3 atom stereocenters. The van der Waals surface area contributed by atoms with Gasteiger partial charge in [-0.2, -0.15) is 0 Å². The first-order valence-electron chi connectivity index (χ1n) is 9.70. The molecule has 0 bridgehead atoms. The molecule has 1 aliphatic carbocycles. The third-order valence-electron chi connectivity index (χ3n) is 5.34. The monoisotopic (exact) mass is 376 g/mol. The fourth-order valence-corrected chi connectivity index (χ4v) is 3.83. The van der Waals surface area contributed by atoms with Crippen molar-refractivity contribution in [2.24, 2.45) is 17.8 Å². The molecule has 1 aromatic rings. The first-order valence-corrected chi connectivity index (χ1v) is 9.70. The zero-order valence-electron chi connectivity index (χ0n) is 16.2. The van der Waals surface area contributed by atoms with Crippen molar-refractivity contribution in [3.05, 3.63) is 23.8 Å². The van der Waals surface area contributed by atoms with E-state index in [-0.39, 0.29) is 12.7 Å². The number of carbonyl (C=O) groups is 2. The molecule has 0 amide bonds. The van der Waals surface area contributed by atoms with E-state index in [1.807, 2.05) is 0 Å². The van der Waals surface area contributed by atoms with E-state index in [2.05, 4.69) is 20.8 Å². The zero-order chi connectivity index (χ0) is 19.4. The first kappa shape index (κ1) is 19.5. The van der Waals surface area contributed by atoms with Crippen LogP contribution in [0, 0.1) is 17.8 Å². The van der Waals surface area contributed by atoms with Crippen molar-refractivity contribution in [2.45, 2.75) is 46.1 Å². The molecule has 3 rings (SSSR count). The van der Waals surface area contributed by atoms with E-state index in [1.165, 1.54) is 0 Å². The average molecular weight is 376 g/mol. The number of rotatable bonds is 5. The van der Waals surface area contributed by atoms with Gasteiger partial charge in [0.1, 0.15) is 19.3 Å². The number of benzene rings is 1. The molecular formula is C21H28O6. The van der Waals surface area contributed by atoms with Gasteiger partial charge in [0.25, 0.3) is 0 Å². The van der Waals surface area contributed by atoms with Crippen molar-refractivity contribution in [1.82, 2.24) is 0 Å². The van der Waals surface area contributed by atoms with Gasteiger partial charge in [0.2, 0.25) is 0 Å². The number of fused-ring (bicyclic) bond motifs is 1. The van der Waals surface area contributed by atoms with Gasteiger partial charge in [-0.05, 0) is 48.8 Å². The fraction of sp³-hybridized carbons (Fsp3) is 0.619. The standard InChI is InChI=1S/C21H28O6/c1-13(2)16-6-4-14(3)10-18(16)27-20(22)12-26-21(23)15-5-7-17-19(11-15)25-9-8-24-17/h5,7,11,13-14,16,18H,4,6,8-10,12H2,1-3H3/t14-,16+,18+/m0/s1. The Morgan fingerprint density at radius 2 is 1.89 bits per heavy atom. The van der Waals surface area contributed by atoms with Crippen LogP contribution in [0.4, 0.5) is 0 Å². The number of hydrogen-bond acceptors (Lipinski definition) is 6. The van der Waals surface area contributed by atoms with Gasteiger partial charge in [0, 0.05) is 0 Å². The minimum Gasteiger partial charge on any atom is -0.486 e.